The van der Waals surface area contributed by atoms with Crippen molar-refractivity contribution in [2.75, 3.05) is 9.80 Å². The number of halogens is 2. The van der Waals surface area contributed by atoms with E-state index in [0.717, 1.165) is 67.8 Å². The van der Waals surface area contributed by atoms with Crippen LogP contribution in [-0.2, 0) is 51.4 Å². The van der Waals surface area contributed by atoms with Crippen molar-refractivity contribution in [3.05, 3.63) is 139 Å². The minimum atomic E-state index is 0.699. The summed E-state index contributed by atoms with van der Waals surface area (Å²) in [5.41, 5.74) is 18.6. The number of nitrogens with zero attached hydrogens (tertiary/aromatic N) is 2. The fourth-order valence-corrected chi connectivity index (χ4v) is 11.8. The van der Waals surface area contributed by atoms with Crippen molar-refractivity contribution in [1.82, 2.24) is 0 Å². The molecule has 0 bridgehead atoms. The zero-order chi connectivity index (χ0) is 42.1. The van der Waals surface area contributed by atoms with E-state index in [1.165, 1.54) is 196 Å². The lowest BCUT2D eigenvalue weighted by Gasteiger charge is -2.33. The monoisotopic (exact) mass is 864 g/mol. The van der Waals surface area contributed by atoms with E-state index in [1.807, 2.05) is 0 Å². The lowest BCUT2D eigenvalue weighted by atomic mass is 9.96. The van der Waals surface area contributed by atoms with Crippen LogP contribution in [0.15, 0.2) is 84.9 Å². The highest BCUT2D eigenvalue weighted by Gasteiger charge is 2.26. The third kappa shape index (κ3) is 10.5. The number of aryl methyl sites for hydroxylation is 8. The number of rotatable bonds is 6. The maximum Gasteiger partial charge on any atom is 0.0888 e. The Labute approximate surface area is 384 Å². The van der Waals surface area contributed by atoms with Crippen molar-refractivity contribution in [1.29, 1.82) is 0 Å². The van der Waals surface area contributed by atoms with Gasteiger partial charge in [0.05, 0.1) is 16.4 Å². The zero-order valence-corrected chi connectivity index (χ0v) is 39.0. The van der Waals surface area contributed by atoms with Gasteiger partial charge in [-0.3, -0.25) is 0 Å². The molecule has 0 atom stereocenters. The van der Waals surface area contributed by atoms with E-state index in [4.69, 9.17) is 23.2 Å². The van der Waals surface area contributed by atoms with Gasteiger partial charge in [-0.25, -0.2) is 0 Å². The molecule has 4 aliphatic rings. The molecule has 0 N–H and O–H groups in total. The van der Waals surface area contributed by atoms with E-state index in [9.17, 15) is 0 Å². The summed E-state index contributed by atoms with van der Waals surface area (Å²) in [6, 6.07) is 33.4. The summed E-state index contributed by atoms with van der Waals surface area (Å²) in [5, 5.41) is 1.43. The highest BCUT2D eigenvalue weighted by molar-refractivity contribution is 6.38. The fourth-order valence-electron chi connectivity index (χ4n) is 11.3. The third-order valence-electron chi connectivity index (χ3n) is 14.8. The lowest BCUT2D eigenvalue weighted by molar-refractivity contribution is 0.629. The molecule has 0 saturated heterocycles. The smallest absolute Gasteiger partial charge is 0.0888 e. The molecule has 0 amide bonds. The standard InChI is InChI=1S/C58H70Cl2N2/c59-51-41-56(61(52-33-29-43-21-13-5-1-9-17-25-47(43)37-52)53-34-30-44-22-14-6-2-10-18-26-48(44)38-53)58(60)57(42-51)62(54-35-31-45-23-15-7-3-11-19-27-49(45)39-54)55-36-32-46-24-16-8-4-12-20-28-50(46)40-55/h29-42H,1-28H2. The molecule has 0 aromatic heterocycles. The predicted molar refractivity (Wildman–Crippen MR) is 268 cm³/mol. The Bertz CT molecular complexity index is 2000. The van der Waals surface area contributed by atoms with Crippen molar-refractivity contribution in [2.45, 2.75) is 180 Å². The molecule has 0 spiro atoms. The first-order valence-electron chi connectivity index (χ1n) is 25.2. The normalized spacial score (nSPS) is 18.0. The molecule has 4 aliphatic carbocycles. The highest BCUT2D eigenvalue weighted by atomic mass is 35.5. The zero-order valence-electron chi connectivity index (χ0n) is 37.5. The van der Waals surface area contributed by atoms with E-state index >= 15 is 0 Å². The van der Waals surface area contributed by atoms with Crippen molar-refractivity contribution < 1.29 is 0 Å². The first kappa shape index (κ1) is 43.5. The summed E-state index contributed by atoms with van der Waals surface area (Å²) in [7, 11) is 0. The summed E-state index contributed by atoms with van der Waals surface area (Å²) in [6.45, 7) is 0. The molecular weight excluding hydrogens is 796 g/mol. The van der Waals surface area contributed by atoms with Gasteiger partial charge in [-0.05, 0) is 208 Å². The summed E-state index contributed by atoms with van der Waals surface area (Å²) >= 11 is 15.5. The highest BCUT2D eigenvalue weighted by Crippen LogP contribution is 2.49. The van der Waals surface area contributed by atoms with Crippen LogP contribution in [0.5, 0.6) is 0 Å². The van der Waals surface area contributed by atoms with Crippen LogP contribution in [0.3, 0.4) is 0 Å². The fraction of sp³-hybridized carbons (Fsp3) is 0.483. The molecule has 0 saturated carbocycles. The largest absolute Gasteiger partial charge is 0.309 e. The summed E-state index contributed by atoms with van der Waals surface area (Å²) in [4.78, 5) is 4.90. The van der Waals surface area contributed by atoms with E-state index < -0.39 is 0 Å². The van der Waals surface area contributed by atoms with Crippen LogP contribution in [0.4, 0.5) is 34.1 Å². The summed E-state index contributed by atoms with van der Waals surface area (Å²) in [6.07, 6.45) is 35.1. The molecule has 0 aliphatic heterocycles. The Morgan fingerprint density at radius 2 is 0.484 bits per heavy atom. The molecule has 62 heavy (non-hydrogen) atoms. The molecule has 326 valence electrons. The van der Waals surface area contributed by atoms with Crippen LogP contribution in [0.1, 0.15) is 173 Å². The quantitative estimate of drug-likeness (QED) is 0.168. The third-order valence-corrected chi connectivity index (χ3v) is 15.4. The molecule has 0 fully saturated rings. The minimum Gasteiger partial charge on any atom is -0.309 e. The number of hydrogen-bond donors (Lipinski definition) is 0. The molecule has 2 nitrogen and oxygen atoms in total. The second kappa shape index (κ2) is 21.3. The van der Waals surface area contributed by atoms with Crippen LogP contribution in [0, 0.1) is 0 Å². The molecule has 0 radical (unpaired) electrons. The number of benzene rings is 5. The first-order chi connectivity index (χ1) is 30.6. The molecule has 5 aromatic carbocycles. The molecule has 0 unspecified atom stereocenters. The van der Waals surface area contributed by atoms with Gasteiger partial charge < -0.3 is 9.80 Å². The van der Waals surface area contributed by atoms with Crippen molar-refractivity contribution in [2.24, 2.45) is 0 Å². The van der Waals surface area contributed by atoms with Crippen molar-refractivity contribution in [3.63, 3.8) is 0 Å². The Morgan fingerprint density at radius 1 is 0.258 bits per heavy atom. The van der Waals surface area contributed by atoms with Crippen molar-refractivity contribution in [3.8, 4) is 0 Å². The maximum atomic E-state index is 8.08. The van der Waals surface area contributed by atoms with E-state index in [0.29, 0.717) is 5.02 Å². The van der Waals surface area contributed by atoms with Gasteiger partial charge in [-0.1, -0.05) is 125 Å². The Hall–Kier alpha value is -3.72. The number of anilines is 6. The topological polar surface area (TPSA) is 6.48 Å². The van der Waals surface area contributed by atoms with E-state index in [1.54, 1.807) is 0 Å². The van der Waals surface area contributed by atoms with Gasteiger partial charge in [0.25, 0.3) is 0 Å². The predicted octanol–water partition coefficient (Wildman–Crippen LogP) is 18.1. The molecule has 0 heterocycles. The SMILES string of the molecule is Clc1cc(N(c2ccc3c(c2)CCCCCCC3)c2ccc3c(c2)CCCCCCC3)c(Cl)c(N(c2ccc3c(c2)CCCCCCC3)c2ccc3c(c2)CCCCCCC3)c1. The Kier molecular flexibility index (Phi) is 15.0. The van der Waals surface area contributed by atoms with Gasteiger partial charge >= 0.3 is 0 Å². The van der Waals surface area contributed by atoms with Gasteiger partial charge in [-0.2, -0.15) is 0 Å². The molecule has 9 rings (SSSR count). The van der Waals surface area contributed by atoms with Crippen LogP contribution >= 0.6 is 23.2 Å². The van der Waals surface area contributed by atoms with Gasteiger partial charge in [0, 0.05) is 27.8 Å². The lowest BCUT2D eigenvalue weighted by Crippen LogP contribution is -2.16. The average molecular weight is 866 g/mol. The van der Waals surface area contributed by atoms with Crippen LogP contribution in [0.2, 0.25) is 10.0 Å². The number of fused-ring (bicyclic) bond motifs is 4. The molecule has 4 heteroatoms. The van der Waals surface area contributed by atoms with E-state index in [-0.39, 0.29) is 0 Å². The van der Waals surface area contributed by atoms with Gasteiger partial charge in [0.15, 0.2) is 0 Å². The summed E-state index contributed by atoms with van der Waals surface area (Å²) in [5.74, 6) is 0. The Morgan fingerprint density at radius 3 is 0.742 bits per heavy atom. The van der Waals surface area contributed by atoms with Crippen LogP contribution in [0.25, 0.3) is 0 Å². The average Bonchev–Trinajstić information content (AvgIpc) is 3.61. The maximum absolute atomic E-state index is 8.08. The second-order valence-corrected chi connectivity index (χ2v) is 20.1. The summed E-state index contributed by atoms with van der Waals surface area (Å²) < 4.78 is 0. The first-order valence-corrected chi connectivity index (χ1v) is 25.9. The van der Waals surface area contributed by atoms with Gasteiger partial charge in [0.2, 0.25) is 0 Å². The van der Waals surface area contributed by atoms with Crippen molar-refractivity contribution >= 4 is 57.3 Å². The Balaban J connectivity index is 1.22. The second-order valence-electron chi connectivity index (χ2n) is 19.3. The van der Waals surface area contributed by atoms with Crippen LogP contribution in [-0.4, -0.2) is 0 Å². The van der Waals surface area contributed by atoms with E-state index in [2.05, 4.69) is 94.7 Å². The molecular formula is C58H70Cl2N2. The molecule has 5 aromatic rings. The minimum absolute atomic E-state index is 0.699. The van der Waals surface area contributed by atoms with Gasteiger partial charge in [0.1, 0.15) is 0 Å². The van der Waals surface area contributed by atoms with Crippen LogP contribution < -0.4 is 9.80 Å². The van der Waals surface area contributed by atoms with Gasteiger partial charge in [-0.15, -0.1) is 0 Å². The number of hydrogen-bond acceptors (Lipinski definition) is 2.